The van der Waals surface area contributed by atoms with Crippen molar-refractivity contribution in [2.45, 2.75) is 52.5 Å². The van der Waals surface area contributed by atoms with Crippen LogP contribution < -0.4 is 5.73 Å². The summed E-state index contributed by atoms with van der Waals surface area (Å²) in [5.74, 6) is 1.91. The predicted octanol–water partition coefficient (Wildman–Crippen LogP) is 2.37. The molecule has 0 amide bonds. The molecule has 0 aromatic heterocycles. The van der Waals surface area contributed by atoms with Crippen LogP contribution in [0, 0.1) is 17.8 Å². The Balaban J connectivity index is 2.62. The molecule has 1 aliphatic rings. The number of rotatable bonds is 4. The molecule has 1 saturated carbocycles. The van der Waals surface area contributed by atoms with E-state index in [2.05, 4.69) is 13.8 Å². The van der Waals surface area contributed by atoms with Crippen LogP contribution >= 0.6 is 0 Å². The summed E-state index contributed by atoms with van der Waals surface area (Å²) in [7, 11) is 0. The Morgan fingerprint density at radius 2 is 2.07 bits per heavy atom. The molecule has 1 aliphatic carbocycles. The van der Waals surface area contributed by atoms with Crippen molar-refractivity contribution >= 4 is 5.78 Å². The maximum atomic E-state index is 11.3. The van der Waals surface area contributed by atoms with Gasteiger partial charge in [-0.2, -0.15) is 0 Å². The Bertz CT molecular complexity index is 202. The monoisotopic (exact) mass is 197 g/mol. The van der Waals surface area contributed by atoms with E-state index in [0.29, 0.717) is 29.6 Å². The van der Waals surface area contributed by atoms with Gasteiger partial charge in [-0.1, -0.05) is 20.3 Å². The van der Waals surface area contributed by atoms with Crippen LogP contribution in [0.25, 0.3) is 0 Å². The summed E-state index contributed by atoms with van der Waals surface area (Å²) in [5.41, 5.74) is 6.10. The van der Waals surface area contributed by atoms with E-state index in [1.807, 2.05) is 0 Å². The van der Waals surface area contributed by atoms with Crippen LogP contribution in [0.1, 0.15) is 46.5 Å². The Morgan fingerprint density at radius 3 is 2.50 bits per heavy atom. The molecule has 4 atom stereocenters. The van der Waals surface area contributed by atoms with E-state index < -0.39 is 0 Å². The summed E-state index contributed by atoms with van der Waals surface area (Å²) in [5, 5.41) is 0. The van der Waals surface area contributed by atoms with Gasteiger partial charge in [0.1, 0.15) is 5.78 Å². The van der Waals surface area contributed by atoms with Crippen molar-refractivity contribution in [1.82, 2.24) is 0 Å². The lowest BCUT2D eigenvalue weighted by atomic mass is 9.86. The normalized spacial score (nSPS) is 34.4. The fourth-order valence-corrected chi connectivity index (χ4v) is 2.79. The van der Waals surface area contributed by atoms with Crippen LogP contribution in [0.4, 0.5) is 0 Å². The van der Waals surface area contributed by atoms with Gasteiger partial charge in [-0.15, -0.1) is 0 Å². The second kappa shape index (κ2) is 4.92. The smallest absolute Gasteiger partial charge is 0.132 e. The molecule has 1 unspecified atom stereocenters. The summed E-state index contributed by atoms with van der Waals surface area (Å²) in [4.78, 5) is 11.3. The van der Waals surface area contributed by atoms with Gasteiger partial charge in [0.25, 0.3) is 0 Å². The second-order valence-corrected chi connectivity index (χ2v) is 4.68. The van der Waals surface area contributed by atoms with Crippen molar-refractivity contribution in [2.24, 2.45) is 23.5 Å². The number of hydrogen-bond acceptors (Lipinski definition) is 2. The molecule has 82 valence electrons. The van der Waals surface area contributed by atoms with Gasteiger partial charge in [0, 0.05) is 12.0 Å². The van der Waals surface area contributed by atoms with Gasteiger partial charge in [0.15, 0.2) is 0 Å². The number of hydrogen-bond donors (Lipinski definition) is 1. The zero-order valence-corrected chi connectivity index (χ0v) is 9.62. The zero-order valence-electron chi connectivity index (χ0n) is 9.62. The Kier molecular flexibility index (Phi) is 4.11. The molecule has 0 spiro atoms. The van der Waals surface area contributed by atoms with Crippen LogP contribution in [-0.2, 0) is 4.79 Å². The van der Waals surface area contributed by atoms with Gasteiger partial charge < -0.3 is 5.73 Å². The number of ketones is 1. The van der Waals surface area contributed by atoms with Crippen molar-refractivity contribution in [1.29, 1.82) is 0 Å². The molecule has 2 N–H and O–H groups in total. The first-order valence-corrected chi connectivity index (χ1v) is 5.86. The van der Waals surface area contributed by atoms with Crippen molar-refractivity contribution in [3.05, 3.63) is 0 Å². The van der Waals surface area contributed by atoms with Crippen molar-refractivity contribution in [3.8, 4) is 0 Å². The first-order valence-electron chi connectivity index (χ1n) is 5.86. The summed E-state index contributed by atoms with van der Waals surface area (Å²) in [6.45, 7) is 6.07. The predicted molar refractivity (Wildman–Crippen MR) is 58.9 cm³/mol. The number of Topliss-reactive ketones (excluding diaryl/α,β-unsaturated/α-hetero) is 1. The Hall–Kier alpha value is -0.370. The molecule has 0 aliphatic heterocycles. The lowest BCUT2D eigenvalue weighted by Gasteiger charge is -2.23. The number of nitrogens with two attached hydrogens (primary N) is 1. The standard InChI is InChI=1S/C12H23NO/c1-4-9-6-10(8(3)14)7-11(9)12(13)5-2/h9-12H,4-7,13H2,1-3H3/t9-,10+,11-,12?/m1/s1. The van der Waals surface area contributed by atoms with Crippen LogP contribution in [0.3, 0.4) is 0 Å². The summed E-state index contributed by atoms with van der Waals surface area (Å²) < 4.78 is 0. The number of carbonyl (C=O) groups excluding carboxylic acids is 1. The van der Waals surface area contributed by atoms with E-state index in [-0.39, 0.29) is 0 Å². The van der Waals surface area contributed by atoms with Gasteiger partial charge in [-0.3, -0.25) is 4.79 Å². The lowest BCUT2D eigenvalue weighted by molar-refractivity contribution is -0.120. The highest BCUT2D eigenvalue weighted by Crippen LogP contribution is 2.40. The molecule has 14 heavy (non-hydrogen) atoms. The van der Waals surface area contributed by atoms with Crippen LogP contribution in [0.5, 0.6) is 0 Å². The largest absolute Gasteiger partial charge is 0.327 e. The highest BCUT2D eigenvalue weighted by Gasteiger charge is 2.37. The summed E-state index contributed by atoms with van der Waals surface area (Å²) in [6, 6.07) is 0.296. The van der Waals surface area contributed by atoms with Gasteiger partial charge in [-0.25, -0.2) is 0 Å². The first-order chi connectivity index (χ1) is 6.60. The molecule has 0 heterocycles. The lowest BCUT2D eigenvalue weighted by Crippen LogP contribution is -2.31. The fraction of sp³-hybridized carbons (Fsp3) is 0.917. The highest BCUT2D eigenvalue weighted by atomic mass is 16.1. The molecule has 0 aromatic rings. The van der Waals surface area contributed by atoms with Crippen LogP contribution in [-0.4, -0.2) is 11.8 Å². The van der Waals surface area contributed by atoms with E-state index in [9.17, 15) is 4.79 Å². The van der Waals surface area contributed by atoms with Crippen molar-refractivity contribution in [3.63, 3.8) is 0 Å². The quantitative estimate of drug-likeness (QED) is 0.752. The van der Waals surface area contributed by atoms with Crippen LogP contribution in [0.2, 0.25) is 0 Å². The molecular formula is C12H23NO. The minimum absolute atomic E-state index is 0.294. The molecule has 2 heteroatoms. The van der Waals surface area contributed by atoms with Gasteiger partial charge in [0.05, 0.1) is 0 Å². The summed E-state index contributed by atoms with van der Waals surface area (Å²) in [6.07, 6.45) is 4.31. The Labute approximate surface area is 87.2 Å². The minimum atomic E-state index is 0.294. The topological polar surface area (TPSA) is 43.1 Å². The van der Waals surface area contributed by atoms with E-state index >= 15 is 0 Å². The molecule has 1 fully saturated rings. The zero-order chi connectivity index (χ0) is 10.7. The van der Waals surface area contributed by atoms with Crippen LogP contribution in [0.15, 0.2) is 0 Å². The third-order valence-corrected chi connectivity index (χ3v) is 3.87. The van der Waals surface area contributed by atoms with E-state index in [1.165, 1.54) is 6.42 Å². The van der Waals surface area contributed by atoms with Crippen molar-refractivity contribution < 1.29 is 4.79 Å². The fourth-order valence-electron chi connectivity index (χ4n) is 2.79. The SMILES string of the molecule is CCC(N)[C@@H]1C[C@@H](C(C)=O)C[C@H]1CC. The molecule has 1 rings (SSSR count). The first kappa shape index (κ1) is 11.7. The molecule has 0 bridgehead atoms. The second-order valence-electron chi connectivity index (χ2n) is 4.68. The van der Waals surface area contributed by atoms with E-state index in [1.54, 1.807) is 6.92 Å². The van der Waals surface area contributed by atoms with Gasteiger partial charge in [0.2, 0.25) is 0 Å². The van der Waals surface area contributed by atoms with Gasteiger partial charge >= 0.3 is 0 Å². The number of carbonyl (C=O) groups is 1. The molecule has 0 radical (unpaired) electrons. The van der Waals surface area contributed by atoms with E-state index in [0.717, 1.165) is 19.3 Å². The Morgan fingerprint density at radius 1 is 1.43 bits per heavy atom. The average molecular weight is 197 g/mol. The maximum Gasteiger partial charge on any atom is 0.132 e. The maximum absolute atomic E-state index is 11.3. The highest BCUT2D eigenvalue weighted by molar-refractivity contribution is 5.78. The molecule has 0 saturated heterocycles. The average Bonchev–Trinajstić information content (AvgIpc) is 2.60. The molecule has 2 nitrogen and oxygen atoms in total. The van der Waals surface area contributed by atoms with Crippen molar-refractivity contribution in [2.75, 3.05) is 0 Å². The molecular weight excluding hydrogens is 174 g/mol. The third kappa shape index (κ3) is 2.35. The molecule has 0 aromatic carbocycles. The minimum Gasteiger partial charge on any atom is -0.327 e. The van der Waals surface area contributed by atoms with E-state index in [4.69, 9.17) is 5.73 Å². The third-order valence-electron chi connectivity index (χ3n) is 3.87. The summed E-state index contributed by atoms with van der Waals surface area (Å²) >= 11 is 0. The van der Waals surface area contributed by atoms with Gasteiger partial charge in [-0.05, 0) is 38.0 Å².